The Kier molecular flexibility index (Phi) is 1.93. The van der Waals surface area contributed by atoms with Gasteiger partial charge in [0.1, 0.15) is 5.58 Å². The van der Waals surface area contributed by atoms with E-state index in [9.17, 15) is 4.79 Å². The Morgan fingerprint density at radius 1 is 1.25 bits per heavy atom. The molecule has 0 saturated carbocycles. The number of para-hydroxylation sites is 1. The van der Waals surface area contributed by atoms with E-state index >= 15 is 0 Å². The molecule has 0 amide bonds. The molecular formula is C14H14O2. The molecule has 2 aromatic rings. The number of hydrogen-bond acceptors (Lipinski definition) is 2. The van der Waals surface area contributed by atoms with Crippen LogP contribution in [0.1, 0.15) is 43.2 Å². The molecule has 0 aliphatic heterocycles. The Morgan fingerprint density at radius 2 is 2.00 bits per heavy atom. The van der Waals surface area contributed by atoms with Crippen LogP contribution in [-0.2, 0) is 0 Å². The van der Waals surface area contributed by atoms with Crippen LogP contribution in [0.25, 0.3) is 11.0 Å². The highest BCUT2D eigenvalue weighted by Gasteiger charge is 2.38. The van der Waals surface area contributed by atoms with E-state index in [1.807, 2.05) is 24.3 Å². The summed E-state index contributed by atoms with van der Waals surface area (Å²) in [4.78, 5) is 11.8. The van der Waals surface area contributed by atoms with Gasteiger partial charge in [0, 0.05) is 10.9 Å². The number of rotatable bonds is 1. The normalized spacial score (nSPS) is 22.9. The van der Waals surface area contributed by atoms with Crippen LogP contribution in [0.4, 0.5) is 0 Å². The largest absolute Gasteiger partial charge is 0.423 e. The predicted molar refractivity (Wildman–Crippen MR) is 63.9 cm³/mol. The van der Waals surface area contributed by atoms with Crippen molar-refractivity contribution in [1.82, 2.24) is 0 Å². The second-order valence-electron chi connectivity index (χ2n) is 4.52. The number of hydrogen-bond donors (Lipinski definition) is 0. The molecule has 0 spiro atoms. The van der Waals surface area contributed by atoms with E-state index in [1.54, 1.807) is 0 Å². The molecule has 0 radical (unpaired) electrons. The highest BCUT2D eigenvalue weighted by molar-refractivity contribution is 5.84. The molecule has 1 aliphatic carbocycles. The van der Waals surface area contributed by atoms with Crippen LogP contribution in [0.15, 0.2) is 33.5 Å². The minimum absolute atomic E-state index is 0.147. The van der Waals surface area contributed by atoms with E-state index in [-0.39, 0.29) is 5.63 Å². The summed E-state index contributed by atoms with van der Waals surface area (Å²) in [5, 5.41) is 1.11. The van der Waals surface area contributed by atoms with E-state index < -0.39 is 0 Å². The minimum Gasteiger partial charge on any atom is -0.423 e. The van der Waals surface area contributed by atoms with E-state index in [0.29, 0.717) is 11.8 Å². The summed E-state index contributed by atoms with van der Waals surface area (Å²) >= 11 is 0. The lowest BCUT2D eigenvalue weighted by Gasteiger charge is -2.36. The third-order valence-corrected chi connectivity index (χ3v) is 3.76. The fourth-order valence-electron chi connectivity index (χ4n) is 2.93. The van der Waals surface area contributed by atoms with Crippen LogP contribution in [0.5, 0.6) is 0 Å². The van der Waals surface area contributed by atoms with Crippen LogP contribution in [0.3, 0.4) is 0 Å². The molecule has 0 fully saturated rings. The lowest BCUT2D eigenvalue weighted by molar-refractivity contribution is 0.445. The van der Waals surface area contributed by atoms with Gasteiger partial charge in [0.15, 0.2) is 0 Å². The van der Waals surface area contributed by atoms with Crippen molar-refractivity contribution >= 4 is 11.0 Å². The summed E-state index contributed by atoms with van der Waals surface area (Å²) in [7, 11) is 0. The van der Waals surface area contributed by atoms with Crippen molar-refractivity contribution in [3.63, 3.8) is 0 Å². The topological polar surface area (TPSA) is 30.2 Å². The summed E-state index contributed by atoms with van der Waals surface area (Å²) in [6, 6.07) is 7.82. The molecular weight excluding hydrogens is 200 g/mol. The molecule has 1 heterocycles. The van der Waals surface area contributed by atoms with Gasteiger partial charge in [-0.05, 0) is 29.9 Å². The van der Waals surface area contributed by atoms with Crippen molar-refractivity contribution in [2.45, 2.75) is 32.1 Å². The fourth-order valence-corrected chi connectivity index (χ4v) is 2.93. The first-order chi connectivity index (χ1) is 7.74. The van der Waals surface area contributed by atoms with Crippen molar-refractivity contribution in [2.24, 2.45) is 0 Å². The molecule has 82 valence electrons. The highest BCUT2D eigenvalue weighted by atomic mass is 16.4. The monoisotopic (exact) mass is 214 g/mol. The van der Waals surface area contributed by atoms with Crippen molar-refractivity contribution in [2.75, 3.05) is 0 Å². The van der Waals surface area contributed by atoms with E-state index in [4.69, 9.17) is 4.42 Å². The summed E-state index contributed by atoms with van der Waals surface area (Å²) in [6.45, 7) is 4.29. The Morgan fingerprint density at radius 3 is 2.75 bits per heavy atom. The second kappa shape index (κ2) is 3.21. The van der Waals surface area contributed by atoms with Crippen LogP contribution in [-0.4, -0.2) is 0 Å². The molecule has 2 unspecified atom stereocenters. The zero-order chi connectivity index (χ0) is 11.3. The van der Waals surface area contributed by atoms with Gasteiger partial charge in [-0.3, -0.25) is 0 Å². The first-order valence-corrected chi connectivity index (χ1v) is 5.79. The predicted octanol–water partition coefficient (Wildman–Crippen LogP) is 3.40. The standard InChI is InChI=1S/C14H14O2/c1-3-9-8(2)12-13(9)10-6-4-5-7-11(10)16-14(12)15/h4-9H,3H2,1-2H3. The fraction of sp³-hybridized carbons (Fsp3) is 0.357. The molecule has 1 aliphatic rings. The average Bonchev–Trinajstić information content (AvgIpc) is 2.27. The maximum Gasteiger partial charge on any atom is 0.340 e. The maximum atomic E-state index is 11.8. The van der Waals surface area contributed by atoms with Gasteiger partial charge in [-0.1, -0.05) is 32.0 Å². The molecule has 0 bridgehead atoms. The Hall–Kier alpha value is -1.57. The van der Waals surface area contributed by atoms with Gasteiger partial charge in [-0.2, -0.15) is 0 Å². The third kappa shape index (κ3) is 1.04. The van der Waals surface area contributed by atoms with Crippen LogP contribution in [0.2, 0.25) is 0 Å². The van der Waals surface area contributed by atoms with E-state index in [2.05, 4.69) is 13.8 Å². The molecule has 16 heavy (non-hydrogen) atoms. The molecule has 2 nitrogen and oxygen atoms in total. The Balaban J connectivity index is 2.41. The van der Waals surface area contributed by atoms with Crippen molar-refractivity contribution in [1.29, 1.82) is 0 Å². The van der Waals surface area contributed by atoms with Crippen molar-refractivity contribution in [3.05, 3.63) is 45.8 Å². The smallest absolute Gasteiger partial charge is 0.340 e. The molecule has 2 heteroatoms. The van der Waals surface area contributed by atoms with Gasteiger partial charge in [0.25, 0.3) is 0 Å². The zero-order valence-electron chi connectivity index (χ0n) is 9.49. The Labute approximate surface area is 93.9 Å². The first-order valence-electron chi connectivity index (χ1n) is 5.79. The van der Waals surface area contributed by atoms with Gasteiger partial charge < -0.3 is 4.42 Å². The van der Waals surface area contributed by atoms with E-state index in [1.165, 1.54) is 5.56 Å². The van der Waals surface area contributed by atoms with Crippen molar-refractivity contribution in [3.8, 4) is 0 Å². The summed E-state index contributed by atoms with van der Waals surface area (Å²) in [5.74, 6) is 0.866. The van der Waals surface area contributed by atoms with Crippen LogP contribution in [0, 0.1) is 0 Å². The van der Waals surface area contributed by atoms with Gasteiger partial charge in [-0.15, -0.1) is 0 Å². The molecule has 1 aromatic carbocycles. The number of benzene rings is 1. The zero-order valence-corrected chi connectivity index (χ0v) is 9.49. The molecule has 2 atom stereocenters. The van der Waals surface area contributed by atoms with Crippen LogP contribution >= 0.6 is 0 Å². The lowest BCUT2D eigenvalue weighted by Crippen LogP contribution is -2.29. The summed E-state index contributed by atoms with van der Waals surface area (Å²) in [6.07, 6.45) is 1.08. The van der Waals surface area contributed by atoms with Gasteiger partial charge in [-0.25, -0.2) is 4.79 Å². The SMILES string of the molecule is CCC1c2c(c(=O)oc3ccccc23)C1C. The second-order valence-corrected chi connectivity index (χ2v) is 4.52. The Bertz CT molecular complexity index is 610. The quantitative estimate of drug-likeness (QED) is 0.681. The van der Waals surface area contributed by atoms with E-state index in [0.717, 1.165) is 23.0 Å². The first kappa shape index (κ1) is 9.64. The molecule has 1 aromatic heterocycles. The lowest BCUT2D eigenvalue weighted by atomic mass is 9.67. The van der Waals surface area contributed by atoms with Gasteiger partial charge in [0.2, 0.25) is 0 Å². The minimum atomic E-state index is -0.147. The van der Waals surface area contributed by atoms with Gasteiger partial charge in [0.05, 0.1) is 0 Å². The van der Waals surface area contributed by atoms with Crippen LogP contribution < -0.4 is 5.63 Å². The van der Waals surface area contributed by atoms with Gasteiger partial charge >= 0.3 is 5.63 Å². The number of fused-ring (bicyclic) bond motifs is 3. The van der Waals surface area contributed by atoms with Crippen molar-refractivity contribution < 1.29 is 4.42 Å². The molecule has 0 saturated heterocycles. The molecule has 3 rings (SSSR count). The maximum absolute atomic E-state index is 11.8. The summed E-state index contributed by atoms with van der Waals surface area (Å²) < 4.78 is 5.33. The summed E-state index contributed by atoms with van der Waals surface area (Å²) in [5.41, 5.74) is 2.69. The highest BCUT2D eigenvalue weighted by Crippen LogP contribution is 2.49. The third-order valence-electron chi connectivity index (χ3n) is 3.76. The average molecular weight is 214 g/mol. The molecule has 0 N–H and O–H groups in total.